The van der Waals surface area contributed by atoms with Gasteiger partial charge in [-0.25, -0.2) is 4.98 Å². The van der Waals surface area contributed by atoms with E-state index in [9.17, 15) is 9.59 Å². The van der Waals surface area contributed by atoms with Crippen LogP contribution in [0.15, 0.2) is 35.1 Å². The van der Waals surface area contributed by atoms with Gasteiger partial charge < -0.3 is 4.90 Å². The molecule has 1 fully saturated rings. The quantitative estimate of drug-likeness (QED) is 0.648. The third-order valence-corrected chi connectivity index (χ3v) is 6.36. The minimum atomic E-state index is -0.349. The van der Waals surface area contributed by atoms with Crippen LogP contribution < -0.4 is 5.56 Å². The summed E-state index contributed by atoms with van der Waals surface area (Å²) in [6, 6.07) is 9.61. The first kappa shape index (κ1) is 19.1. The Morgan fingerprint density at radius 2 is 2.07 bits per heavy atom. The number of likely N-dealkylation sites (tertiary alicyclic amines) is 1. The van der Waals surface area contributed by atoms with Gasteiger partial charge in [0.25, 0.3) is 5.56 Å². The second-order valence-corrected chi connectivity index (χ2v) is 8.68. The van der Waals surface area contributed by atoms with E-state index in [-0.39, 0.29) is 28.4 Å². The van der Waals surface area contributed by atoms with E-state index >= 15 is 0 Å². The van der Waals surface area contributed by atoms with Gasteiger partial charge in [0.05, 0.1) is 18.2 Å². The molecule has 1 atom stereocenters. The molecule has 6 nitrogen and oxygen atoms in total. The number of hydrogen-bond acceptors (Lipinski definition) is 5. The molecule has 0 aliphatic carbocycles. The van der Waals surface area contributed by atoms with Crippen molar-refractivity contribution in [2.45, 2.75) is 45.1 Å². The molecule has 0 saturated carbocycles. The van der Waals surface area contributed by atoms with Gasteiger partial charge in [-0.15, -0.1) is 0 Å². The van der Waals surface area contributed by atoms with Crippen LogP contribution in [0.2, 0.25) is 5.02 Å². The van der Waals surface area contributed by atoms with Gasteiger partial charge >= 0.3 is 0 Å². The number of amides is 1. The van der Waals surface area contributed by atoms with Gasteiger partial charge in [0, 0.05) is 6.54 Å². The molecule has 28 heavy (non-hydrogen) atoms. The summed E-state index contributed by atoms with van der Waals surface area (Å²) < 4.78 is 1.27. The van der Waals surface area contributed by atoms with Crippen LogP contribution in [-0.4, -0.2) is 31.9 Å². The van der Waals surface area contributed by atoms with E-state index in [0.29, 0.717) is 23.6 Å². The van der Waals surface area contributed by atoms with E-state index in [1.165, 1.54) is 15.9 Å². The molecule has 0 spiro atoms. The summed E-state index contributed by atoms with van der Waals surface area (Å²) in [6.07, 6.45) is 2.12. The summed E-state index contributed by atoms with van der Waals surface area (Å²) in [5.41, 5.74) is 1.23. The number of carbonyl (C=O) groups is 1. The lowest BCUT2D eigenvalue weighted by atomic mass is 10.1. The van der Waals surface area contributed by atoms with Gasteiger partial charge in [-0.05, 0) is 24.3 Å². The number of carbonyl (C=O) groups excluding carboxylic acids is 1. The van der Waals surface area contributed by atoms with Crippen molar-refractivity contribution in [3.63, 3.8) is 0 Å². The maximum atomic E-state index is 12.9. The van der Waals surface area contributed by atoms with Gasteiger partial charge in [0.2, 0.25) is 10.9 Å². The Hall–Kier alpha value is -2.25. The van der Waals surface area contributed by atoms with Crippen molar-refractivity contribution in [2.24, 2.45) is 0 Å². The van der Waals surface area contributed by atoms with Crippen molar-refractivity contribution >= 4 is 33.8 Å². The predicted molar refractivity (Wildman–Crippen MR) is 110 cm³/mol. The highest BCUT2D eigenvalue weighted by Gasteiger charge is 2.33. The van der Waals surface area contributed by atoms with E-state index in [0.717, 1.165) is 23.4 Å². The van der Waals surface area contributed by atoms with Crippen LogP contribution in [0.4, 0.5) is 0 Å². The van der Waals surface area contributed by atoms with Crippen LogP contribution in [0.3, 0.4) is 0 Å². The molecule has 0 N–H and O–H groups in total. The molecule has 1 saturated heterocycles. The second kappa shape index (κ2) is 7.64. The third kappa shape index (κ3) is 3.44. The molecule has 0 bridgehead atoms. The van der Waals surface area contributed by atoms with Crippen LogP contribution in [0.5, 0.6) is 0 Å². The molecule has 2 aromatic heterocycles. The van der Waals surface area contributed by atoms with Crippen molar-refractivity contribution in [3.8, 4) is 0 Å². The summed E-state index contributed by atoms with van der Waals surface area (Å²) in [5, 5.41) is 5.33. The number of hydrogen-bond donors (Lipinski definition) is 0. The lowest BCUT2D eigenvalue weighted by Gasteiger charge is -2.22. The topological polar surface area (TPSA) is 67.6 Å². The van der Waals surface area contributed by atoms with Crippen molar-refractivity contribution in [1.82, 2.24) is 19.5 Å². The Labute approximate surface area is 171 Å². The molecule has 1 aliphatic rings. The van der Waals surface area contributed by atoms with E-state index in [1.54, 1.807) is 0 Å². The lowest BCUT2D eigenvalue weighted by molar-refractivity contribution is -0.131. The molecule has 1 amide bonds. The van der Waals surface area contributed by atoms with Crippen LogP contribution >= 0.6 is 22.9 Å². The highest BCUT2D eigenvalue weighted by atomic mass is 35.5. The van der Waals surface area contributed by atoms with E-state index < -0.39 is 0 Å². The average molecular weight is 417 g/mol. The summed E-state index contributed by atoms with van der Waals surface area (Å²) in [6.45, 7) is 4.60. The summed E-state index contributed by atoms with van der Waals surface area (Å²) in [7, 11) is 0. The van der Waals surface area contributed by atoms with Crippen molar-refractivity contribution < 1.29 is 4.79 Å². The first-order valence-corrected chi connectivity index (χ1v) is 10.6. The normalized spacial score (nSPS) is 17.0. The number of aromatic nitrogens is 3. The number of fused-ring (bicyclic) bond motifs is 1. The molecule has 1 aliphatic heterocycles. The smallest absolute Gasteiger partial charge is 0.294 e. The maximum Gasteiger partial charge on any atom is 0.294 e. The molecule has 4 rings (SSSR count). The molecule has 3 heterocycles. The molecule has 3 aromatic rings. The SMILES string of the molecule is CC(C)c1nc2sc(C3CCCN3C(=O)Cc3ccccc3)nn2c(=O)c1Cl. The third-order valence-electron chi connectivity index (χ3n) is 5.00. The fourth-order valence-corrected chi connectivity index (χ4v) is 4.95. The molecular weight excluding hydrogens is 396 g/mol. The Kier molecular flexibility index (Phi) is 5.21. The molecule has 0 radical (unpaired) electrons. The second-order valence-electron chi connectivity index (χ2n) is 7.31. The Morgan fingerprint density at radius 1 is 1.32 bits per heavy atom. The molecule has 146 valence electrons. The average Bonchev–Trinajstić information content (AvgIpc) is 3.32. The Morgan fingerprint density at radius 3 is 2.79 bits per heavy atom. The Bertz CT molecular complexity index is 1080. The van der Waals surface area contributed by atoms with Crippen molar-refractivity contribution in [3.05, 3.63) is 62.0 Å². The molecule has 1 unspecified atom stereocenters. The largest absolute Gasteiger partial charge is 0.333 e. The van der Waals surface area contributed by atoms with Crippen LogP contribution in [0.1, 0.15) is 54.9 Å². The maximum absolute atomic E-state index is 12.9. The summed E-state index contributed by atoms with van der Waals surface area (Å²) in [4.78, 5) is 32.4. The van der Waals surface area contributed by atoms with Gasteiger partial charge in [0.15, 0.2) is 0 Å². The van der Waals surface area contributed by atoms with E-state index in [2.05, 4.69) is 10.1 Å². The lowest BCUT2D eigenvalue weighted by Crippen LogP contribution is -2.32. The summed E-state index contributed by atoms with van der Waals surface area (Å²) in [5.74, 6) is 0.125. The van der Waals surface area contributed by atoms with Crippen LogP contribution in [0, 0.1) is 0 Å². The first-order valence-electron chi connectivity index (χ1n) is 9.38. The first-order chi connectivity index (χ1) is 13.5. The van der Waals surface area contributed by atoms with Crippen molar-refractivity contribution in [2.75, 3.05) is 6.54 Å². The number of rotatable bonds is 4. The minimum Gasteiger partial charge on any atom is -0.333 e. The highest BCUT2D eigenvalue weighted by Crippen LogP contribution is 2.35. The molecule has 1 aromatic carbocycles. The number of benzene rings is 1. The fraction of sp³-hybridized carbons (Fsp3) is 0.400. The highest BCUT2D eigenvalue weighted by molar-refractivity contribution is 7.16. The zero-order chi connectivity index (χ0) is 19.8. The van der Waals surface area contributed by atoms with Gasteiger partial charge in [-0.3, -0.25) is 9.59 Å². The van der Waals surface area contributed by atoms with Gasteiger partial charge in [-0.1, -0.05) is 67.1 Å². The van der Waals surface area contributed by atoms with Crippen molar-refractivity contribution in [1.29, 1.82) is 0 Å². The molecule has 8 heteroatoms. The molecular formula is C20H21ClN4O2S. The zero-order valence-electron chi connectivity index (χ0n) is 15.8. The fourth-order valence-electron chi connectivity index (χ4n) is 3.57. The minimum absolute atomic E-state index is 0.0474. The standard InChI is InChI=1S/C20H21ClN4O2S/c1-12(2)17-16(21)19(27)25-20(22-17)28-18(23-25)14-9-6-10-24(14)15(26)11-13-7-4-3-5-8-13/h3-5,7-8,12,14H,6,9-11H2,1-2H3. The monoisotopic (exact) mass is 416 g/mol. The van der Waals surface area contributed by atoms with Gasteiger partial charge in [0.1, 0.15) is 10.0 Å². The van der Waals surface area contributed by atoms with Crippen LogP contribution in [0.25, 0.3) is 4.96 Å². The van der Waals surface area contributed by atoms with E-state index in [1.807, 2.05) is 49.1 Å². The van der Waals surface area contributed by atoms with Gasteiger partial charge in [-0.2, -0.15) is 9.61 Å². The van der Waals surface area contributed by atoms with Crippen LogP contribution in [-0.2, 0) is 11.2 Å². The predicted octanol–water partition coefficient (Wildman–Crippen LogP) is 3.83. The Balaban J connectivity index is 1.66. The number of halogens is 1. The zero-order valence-corrected chi connectivity index (χ0v) is 17.3. The number of nitrogens with zero attached hydrogens (tertiary/aromatic N) is 4. The van der Waals surface area contributed by atoms with E-state index in [4.69, 9.17) is 11.6 Å². The summed E-state index contributed by atoms with van der Waals surface area (Å²) >= 11 is 7.57.